The Morgan fingerprint density at radius 2 is 1.67 bits per heavy atom. The van der Waals surface area contributed by atoms with Crippen LogP contribution in [-0.4, -0.2) is 23.1 Å². The summed E-state index contributed by atoms with van der Waals surface area (Å²) in [6, 6.07) is 4.77. The SMILES string of the molecule is CCN(Cc1ccc(C(F)(F)F)cc1)C(=O)OC(C)(C)C. The van der Waals surface area contributed by atoms with Crippen LogP contribution in [0.5, 0.6) is 0 Å². The molecule has 3 nitrogen and oxygen atoms in total. The van der Waals surface area contributed by atoms with Gasteiger partial charge in [0.2, 0.25) is 0 Å². The lowest BCUT2D eigenvalue weighted by molar-refractivity contribution is -0.137. The summed E-state index contributed by atoms with van der Waals surface area (Å²) in [7, 11) is 0. The number of halogens is 3. The Balaban J connectivity index is 2.76. The molecule has 0 bridgehead atoms. The second kappa shape index (κ2) is 6.37. The van der Waals surface area contributed by atoms with Gasteiger partial charge in [0.1, 0.15) is 5.60 Å². The Bertz CT molecular complexity index is 475. The molecular weight excluding hydrogens is 283 g/mol. The second-order valence-corrected chi connectivity index (χ2v) is 5.69. The average Bonchev–Trinajstić information content (AvgIpc) is 2.33. The van der Waals surface area contributed by atoms with E-state index >= 15 is 0 Å². The van der Waals surface area contributed by atoms with Gasteiger partial charge in [0, 0.05) is 13.1 Å². The van der Waals surface area contributed by atoms with Crippen LogP contribution in [0.15, 0.2) is 24.3 Å². The van der Waals surface area contributed by atoms with Crippen LogP contribution in [0.3, 0.4) is 0 Å². The largest absolute Gasteiger partial charge is 0.444 e. The standard InChI is InChI=1S/C15H20F3NO2/c1-5-19(13(20)21-14(2,3)4)10-11-6-8-12(9-7-11)15(16,17)18/h6-9H,5,10H2,1-4H3. The van der Waals surface area contributed by atoms with Crippen molar-refractivity contribution in [3.63, 3.8) is 0 Å². The van der Waals surface area contributed by atoms with E-state index in [0.717, 1.165) is 12.1 Å². The number of ether oxygens (including phenoxy) is 1. The average molecular weight is 303 g/mol. The Hall–Kier alpha value is -1.72. The second-order valence-electron chi connectivity index (χ2n) is 5.69. The predicted molar refractivity (Wildman–Crippen MR) is 73.8 cm³/mol. The van der Waals surface area contributed by atoms with E-state index in [4.69, 9.17) is 4.74 Å². The highest BCUT2D eigenvalue weighted by atomic mass is 19.4. The van der Waals surface area contributed by atoms with Gasteiger partial charge in [-0.05, 0) is 45.4 Å². The van der Waals surface area contributed by atoms with Gasteiger partial charge < -0.3 is 9.64 Å². The van der Waals surface area contributed by atoms with E-state index in [2.05, 4.69) is 0 Å². The van der Waals surface area contributed by atoms with Crippen molar-refractivity contribution in [2.24, 2.45) is 0 Å². The van der Waals surface area contributed by atoms with Crippen molar-refractivity contribution < 1.29 is 22.7 Å². The summed E-state index contributed by atoms with van der Waals surface area (Å²) in [6.07, 6.45) is -4.83. The molecular formula is C15H20F3NO2. The minimum Gasteiger partial charge on any atom is -0.444 e. The van der Waals surface area contributed by atoms with Crippen LogP contribution in [0.2, 0.25) is 0 Å². The number of hydrogen-bond acceptors (Lipinski definition) is 2. The summed E-state index contributed by atoms with van der Waals surface area (Å²) in [4.78, 5) is 13.4. The molecule has 0 fully saturated rings. The first-order chi connectivity index (χ1) is 9.53. The highest BCUT2D eigenvalue weighted by Crippen LogP contribution is 2.29. The minimum atomic E-state index is -4.35. The molecule has 0 radical (unpaired) electrons. The predicted octanol–water partition coefficient (Wildman–Crippen LogP) is 4.46. The molecule has 0 N–H and O–H groups in total. The normalized spacial score (nSPS) is 12.1. The lowest BCUT2D eigenvalue weighted by Gasteiger charge is -2.26. The van der Waals surface area contributed by atoms with Gasteiger partial charge in [0.25, 0.3) is 0 Å². The summed E-state index contributed by atoms with van der Waals surface area (Å²) in [6.45, 7) is 7.69. The fourth-order valence-electron chi connectivity index (χ4n) is 1.65. The molecule has 1 amide bonds. The third-order valence-corrected chi connectivity index (χ3v) is 2.69. The van der Waals surface area contributed by atoms with Crippen LogP contribution in [0.1, 0.15) is 38.8 Å². The maximum absolute atomic E-state index is 12.5. The number of carbonyl (C=O) groups excluding carboxylic acids is 1. The van der Waals surface area contributed by atoms with Gasteiger partial charge >= 0.3 is 12.3 Å². The van der Waals surface area contributed by atoms with Crippen molar-refractivity contribution in [1.29, 1.82) is 0 Å². The van der Waals surface area contributed by atoms with Crippen LogP contribution in [0.4, 0.5) is 18.0 Å². The summed E-state index contributed by atoms with van der Waals surface area (Å²) >= 11 is 0. The number of rotatable bonds is 3. The maximum Gasteiger partial charge on any atom is 0.416 e. The van der Waals surface area contributed by atoms with Crippen LogP contribution >= 0.6 is 0 Å². The van der Waals surface area contributed by atoms with Gasteiger partial charge in [-0.25, -0.2) is 4.79 Å². The summed E-state index contributed by atoms with van der Waals surface area (Å²) < 4.78 is 42.7. The Kier molecular flexibility index (Phi) is 5.25. The first-order valence-electron chi connectivity index (χ1n) is 6.67. The van der Waals surface area contributed by atoms with Crippen molar-refractivity contribution in [1.82, 2.24) is 4.90 Å². The number of benzene rings is 1. The number of nitrogens with zero attached hydrogens (tertiary/aromatic N) is 1. The molecule has 0 saturated carbocycles. The molecule has 1 rings (SSSR count). The van der Waals surface area contributed by atoms with Crippen molar-refractivity contribution in [2.75, 3.05) is 6.54 Å². The van der Waals surface area contributed by atoms with Gasteiger partial charge in [0.15, 0.2) is 0 Å². The van der Waals surface area contributed by atoms with E-state index in [1.807, 2.05) is 0 Å². The van der Waals surface area contributed by atoms with Crippen LogP contribution in [0, 0.1) is 0 Å². The van der Waals surface area contributed by atoms with E-state index < -0.39 is 23.4 Å². The molecule has 21 heavy (non-hydrogen) atoms. The Morgan fingerprint density at radius 3 is 2.05 bits per heavy atom. The summed E-state index contributed by atoms with van der Waals surface area (Å²) in [5, 5.41) is 0. The molecule has 0 aromatic heterocycles. The Labute approximate surface area is 122 Å². The fraction of sp³-hybridized carbons (Fsp3) is 0.533. The zero-order chi connectivity index (χ0) is 16.3. The topological polar surface area (TPSA) is 29.5 Å². The van der Waals surface area contributed by atoms with Crippen molar-refractivity contribution in [3.05, 3.63) is 35.4 Å². The van der Waals surface area contributed by atoms with E-state index in [9.17, 15) is 18.0 Å². The third kappa shape index (κ3) is 5.65. The highest BCUT2D eigenvalue weighted by Gasteiger charge is 2.30. The monoisotopic (exact) mass is 303 g/mol. The van der Waals surface area contributed by atoms with Crippen molar-refractivity contribution >= 4 is 6.09 Å². The molecule has 0 spiro atoms. The molecule has 0 aliphatic rings. The molecule has 6 heteroatoms. The van der Waals surface area contributed by atoms with Crippen LogP contribution in [-0.2, 0) is 17.5 Å². The van der Waals surface area contributed by atoms with E-state index in [1.165, 1.54) is 17.0 Å². The molecule has 0 unspecified atom stereocenters. The molecule has 0 atom stereocenters. The molecule has 0 aliphatic heterocycles. The zero-order valence-corrected chi connectivity index (χ0v) is 12.6. The Morgan fingerprint density at radius 1 is 1.14 bits per heavy atom. The molecule has 1 aromatic carbocycles. The molecule has 0 aliphatic carbocycles. The van der Waals surface area contributed by atoms with Gasteiger partial charge in [0.05, 0.1) is 5.56 Å². The highest BCUT2D eigenvalue weighted by molar-refractivity contribution is 5.68. The fourth-order valence-corrected chi connectivity index (χ4v) is 1.65. The first kappa shape index (κ1) is 17.3. The molecule has 0 saturated heterocycles. The first-order valence-corrected chi connectivity index (χ1v) is 6.67. The van der Waals surface area contributed by atoms with Crippen molar-refractivity contribution in [3.8, 4) is 0 Å². The van der Waals surface area contributed by atoms with Crippen molar-refractivity contribution in [2.45, 2.75) is 46.0 Å². The van der Waals surface area contributed by atoms with Crippen LogP contribution < -0.4 is 0 Å². The van der Waals surface area contributed by atoms with Crippen LogP contribution in [0.25, 0.3) is 0 Å². The molecule has 0 heterocycles. The number of carbonyl (C=O) groups is 1. The summed E-state index contributed by atoms with van der Waals surface area (Å²) in [5.41, 5.74) is -0.688. The molecule has 1 aromatic rings. The van der Waals surface area contributed by atoms with Gasteiger partial charge in [-0.2, -0.15) is 13.2 Å². The number of alkyl halides is 3. The van der Waals surface area contributed by atoms with Gasteiger partial charge in [-0.15, -0.1) is 0 Å². The zero-order valence-electron chi connectivity index (χ0n) is 12.6. The van der Waals surface area contributed by atoms with Gasteiger partial charge in [-0.1, -0.05) is 12.1 Å². The molecule has 118 valence electrons. The minimum absolute atomic E-state index is 0.212. The number of amides is 1. The number of hydrogen-bond donors (Lipinski definition) is 0. The van der Waals surface area contributed by atoms with E-state index in [0.29, 0.717) is 12.1 Å². The van der Waals surface area contributed by atoms with E-state index in [-0.39, 0.29) is 6.54 Å². The smallest absolute Gasteiger partial charge is 0.416 e. The lowest BCUT2D eigenvalue weighted by atomic mass is 10.1. The lowest BCUT2D eigenvalue weighted by Crippen LogP contribution is -2.36. The van der Waals surface area contributed by atoms with E-state index in [1.54, 1.807) is 27.7 Å². The van der Waals surface area contributed by atoms with Gasteiger partial charge in [-0.3, -0.25) is 0 Å². The maximum atomic E-state index is 12.5. The third-order valence-electron chi connectivity index (χ3n) is 2.69. The quantitative estimate of drug-likeness (QED) is 0.825. The summed E-state index contributed by atoms with van der Waals surface area (Å²) in [5.74, 6) is 0.